The summed E-state index contributed by atoms with van der Waals surface area (Å²) in [5.41, 5.74) is -2.88. The third kappa shape index (κ3) is 35.3. The van der Waals surface area contributed by atoms with Gasteiger partial charge < -0.3 is 105 Å². The summed E-state index contributed by atoms with van der Waals surface area (Å²) in [5, 5.41) is 135. The number of ether oxygens (including phenoxy) is 6. The first-order valence-electron chi connectivity index (χ1n) is 29.8. The van der Waals surface area contributed by atoms with Crippen LogP contribution in [0.5, 0.6) is 0 Å². The summed E-state index contributed by atoms with van der Waals surface area (Å²) in [6.07, 6.45) is -5.82. The molecule has 0 amide bonds. The monoisotopic (exact) mass is 1260 g/mol. The zero-order valence-electron chi connectivity index (χ0n) is 58.7. The molecule has 19 unspecified atom stereocenters. The van der Waals surface area contributed by atoms with Gasteiger partial charge in [-0.05, 0) is 139 Å². The van der Waals surface area contributed by atoms with Crippen LogP contribution >= 0.6 is 0 Å². The van der Waals surface area contributed by atoms with Crippen LogP contribution in [0, 0.1) is 32.5 Å². The number of carboxylic acid groups (broad SMARTS) is 3. The van der Waals surface area contributed by atoms with E-state index < -0.39 is 119 Å². The van der Waals surface area contributed by atoms with Gasteiger partial charge >= 0.3 is 20.8 Å². The van der Waals surface area contributed by atoms with Crippen molar-refractivity contribution in [1.82, 2.24) is 0 Å². The minimum absolute atomic E-state index is 0. The Balaban J connectivity index is -0.000000130. The number of aliphatic hydroxyl groups is 12. The van der Waals surface area contributed by atoms with Crippen LogP contribution in [0.3, 0.4) is 0 Å². The molecule has 0 radical (unpaired) electrons. The van der Waals surface area contributed by atoms with Crippen molar-refractivity contribution in [2.75, 3.05) is 42.7 Å². The lowest BCUT2D eigenvalue weighted by molar-refractivity contribution is -0.231. The van der Waals surface area contributed by atoms with Crippen molar-refractivity contribution < 1.29 is 122 Å². The van der Waals surface area contributed by atoms with E-state index in [0.717, 1.165) is 32.8 Å². The lowest BCUT2D eigenvalue weighted by Crippen LogP contribution is -2.43. The quantitative estimate of drug-likeness (QED) is 0.0291. The first kappa shape index (κ1) is 97.3. The van der Waals surface area contributed by atoms with Crippen molar-refractivity contribution in [1.29, 1.82) is 0 Å². The molecule has 0 saturated heterocycles. The normalized spacial score (nSPS) is 20.2. The summed E-state index contributed by atoms with van der Waals surface area (Å²) in [6, 6.07) is 0. The fraction of sp³-hybridized carbons (Fsp3) is 0.952. The third-order valence-corrected chi connectivity index (χ3v) is 17.4. The number of hydrogen-bond acceptors (Lipinski definition) is 21. The van der Waals surface area contributed by atoms with Gasteiger partial charge in [0.25, 0.3) is 0 Å². The Hall–Kier alpha value is -2.31. The van der Waals surface area contributed by atoms with E-state index in [1.54, 1.807) is 56.1 Å². The number of rotatable bonds is 38. The summed E-state index contributed by atoms with van der Waals surface area (Å²) in [7, 11) is 9.02. The highest BCUT2D eigenvalue weighted by molar-refractivity contribution is 5.74. The summed E-state index contributed by atoms with van der Waals surface area (Å²) in [5.74, 6) is -2.26. The van der Waals surface area contributed by atoms with Crippen LogP contribution in [0.15, 0.2) is 0 Å². The largest absolute Gasteiger partial charge is 1.00 e. The third-order valence-electron chi connectivity index (χ3n) is 17.4. The number of methoxy groups -OCH3 is 5. The van der Waals surface area contributed by atoms with Crippen LogP contribution in [0.1, 0.15) is 218 Å². The maximum Gasteiger partial charge on any atom is 1.00 e. The fourth-order valence-corrected chi connectivity index (χ4v) is 8.27. The molecule has 0 bridgehead atoms. The fourth-order valence-electron chi connectivity index (χ4n) is 8.27. The minimum atomic E-state index is -1.28. The second-order valence-electron chi connectivity index (χ2n) is 24.2. The van der Waals surface area contributed by atoms with Crippen LogP contribution < -0.4 is 0 Å². The van der Waals surface area contributed by atoms with Gasteiger partial charge in [0.2, 0.25) is 0 Å². The molecule has 0 heterocycles. The maximum atomic E-state index is 11.6. The highest BCUT2D eigenvalue weighted by Gasteiger charge is 2.42. The first-order valence-corrected chi connectivity index (χ1v) is 29.8. The van der Waals surface area contributed by atoms with E-state index in [4.69, 9.17) is 74.4 Å². The molecular formula is C62H134O24+2. The van der Waals surface area contributed by atoms with Crippen LogP contribution in [0.25, 0.3) is 0 Å². The van der Waals surface area contributed by atoms with E-state index in [0.29, 0.717) is 51.4 Å². The summed E-state index contributed by atoms with van der Waals surface area (Å²) < 4.78 is 32.9. The molecule has 19 atom stereocenters. The smallest absolute Gasteiger partial charge is 0.481 e. The first-order chi connectivity index (χ1) is 38.9. The molecule has 24 heteroatoms. The molecule has 0 fully saturated rings. The van der Waals surface area contributed by atoms with E-state index in [-0.39, 0.29) is 40.1 Å². The molecule has 524 valence electrons. The Labute approximate surface area is 521 Å². The van der Waals surface area contributed by atoms with Crippen LogP contribution in [-0.4, -0.2) is 229 Å². The van der Waals surface area contributed by atoms with Gasteiger partial charge in [-0.15, -0.1) is 0 Å². The van der Waals surface area contributed by atoms with Crippen LogP contribution in [-0.2, 0) is 42.8 Å². The predicted octanol–water partition coefficient (Wildman–Crippen LogP) is 6.57. The molecule has 24 nitrogen and oxygen atoms in total. The molecule has 0 saturated carbocycles. The van der Waals surface area contributed by atoms with Crippen molar-refractivity contribution in [3.63, 3.8) is 0 Å². The van der Waals surface area contributed by atoms with Crippen molar-refractivity contribution >= 4 is 17.9 Å². The second-order valence-corrected chi connectivity index (χ2v) is 24.2. The topological polar surface area (TPSA) is 410 Å². The SMILES string of the molecule is C.CC(O)C(O)C(O)C(C)O.CC(O)C(O)C(O)C(C)O.CCC(C)(CCC(C)(CC)C(OC)OC(C)C(O)CC(O)C(C)O)C(=O)O.CCC(C)(CCC(C)(CC)C(OC)OC)C(=O)O.CCC(C)(CCC(C)(CC)C(OC)OC)C(=O)O.CO.[H+].[H+]. The van der Waals surface area contributed by atoms with Crippen molar-refractivity contribution in [2.45, 2.75) is 308 Å². The molecule has 0 aromatic carbocycles. The van der Waals surface area contributed by atoms with Crippen molar-refractivity contribution in [3.05, 3.63) is 0 Å². The second kappa shape index (κ2) is 48.5. The molecule has 0 aliphatic rings. The van der Waals surface area contributed by atoms with Crippen LogP contribution in [0.2, 0.25) is 0 Å². The molecule has 0 rings (SSSR count). The summed E-state index contributed by atoms with van der Waals surface area (Å²) in [6.45, 7) is 31.9. The van der Waals surface area contributed by atoms with E-state index in [1.807, 2.05) is 34.6 Å². The number of carbonyl (C=O) groups is 3. The van der Waals surface area contributed by atoms with Crippen molar-refractivity contribution in [2.24, 2.45) is 32.5 Å². The molecule has 0 aliphatic carbocycles. The van der Waals surface area contributed by atoms with E-state index in [1.165, 1.54) is 41.7 Å². The van der Waals surface area contributed by atoms with E-state index in [9.17, 15) is 45.0 Å². The number of hydrogen-bond donors (Lipinski definition) is 15. The Morgan fingerprint density at radius 3 is 0.721 bits per heavy atom. The Bertz CT molecular complexity index is 1580. The molecular weight excluding hydrogens is 1130 g/mol. The lowest BCUT2D eigenvalue weighted by Gasteiger charge is -2.40. The molecule has 86 heavy (non-hydrogen) atoms. The Kier molecular flexibility index (Phi) is 54.8. The molecule has 0 aromatic rings. The van der Waals surface area contributed by atoms with Gasteiger partial charge in [-0.2, -0.15) is 0 Å². The van der Waals surface area contributed by atoms with Gasteiger partial charge in [-0.25, -0.2) is 0 Å². The molecule has 0 aliphatic heterocycles. The van der Waals surface area contributed by atoms with Gasteiger partial charge in [0, 0.05) is 65.3 Å². The minimum Gasteiger partial charge on any atom is -0.481 e. The molecule has 15 N–H and O–H groups in total. The number of carboxylic acids is 3. The number of aliphatic carboxylic acids is 3. The highest BCUT2D eigenvalue weighted by atomic mass is 16.7. The zero-order chi connectivity index (χ0) is 68.8. The van der Waals surface area contributed by atoms with Gasteiger partial charge in [0.1, 0.15) is 24.4 Å². The van der Waals surface area contributed by atoms with Crippen LogP contribution in [0.4, 0.5) is 0 Å². The Morgan fingerprint density at radius 2 is 0.570 bits per heavy atom. The van der Waals surface area contributed by atoms with E-state index in [2.05, 4.69) is 27.7 Å². The van der Waals surface area contributed by atoms with Gasteiger partial charge in [-0.1, -0.05) is 69.7 Å². The standard InChI is InChI=1S/C20H40O7.2C14H28O4.2C6H14O4.CH4O.CH4/c1-8-19(5,17(24)25)10-11-20(6,9-2)18(26-7)27-14(4)16(23)12-15(22)13(3)21;2*1-7-13(3,11(15)16)9-10-14(4,8-2)12(17-5)18-6;2*1-3(7)5(9)6(10)4(2)8;1-2;/h13-16,18,21-23H,8-12H2,1-7H3,(H,24,25);2*12H,7-10H2,1-6H3,(H,15,16);2*3-10H,1-2H3;2H,1H3;1H4/p+2. The molecule has 0 spiro atoms. The molecule has 0 aromatic heterocycles. The van der Waals surface area contributed by atoms with Gasteiger partial charge in [0.05, 0.1) is 65.1 Å². The lowest BCUT2D eigenvalue weighted by atomic mass is 9.74. The average molecular weight is 1260 g/mol. The predicted molar refractivity (Wildman–Crippen MR) is 334 cm³/mol. The van der Waals surface area contributed by atoms with Gasteiger partial charge in [-0.3, -0.25) is 14.4 Å². The number of aliphatic hydroxyl groups excluding tert-OH is 12. The Morgan fingerprint density at radius 1 is 0.360 bits per heavy atom. The maximum absolute atomic E-state index is 11.6. The van der Waals surface area contributed by atoms with Gasteiger partial charge in [0.15, 0.2) is 18.9 Å². The summed E-state index contributed by atoms with van der Waals surface area (Å²) in [4.78, 5) is 34.2. The van der Waals surface area contributed by atoms with E-state index >= 15 is 0 Å². The average Bonchev–Trinajstić information content (AvgIpc) is 3.53. The van der Waals surface area contributed by atoms with Crippen molar-refractivity contribution in [3.8, 4) is 0 Å². The zero-order valence-corrected chi connectivity index (χ0v) is 56.7. The summed E-state index contributed by atoms with van der Waals surface area (Å²) >= 11 is 0. The highest BCUT2D eigenvalue weighted by Crippen LogP contribution is 2.42.